The van der Waals surface area contributed by atoms with E-state index in [1.807, 2.05) is 0 Å². The summed E-state index contributed by atoms with van der Waals surface area (Å²) < 4.78 is 36.9. The van der Waals surface area contributed by atoms with Crippen LogP contribution < -0.4 is 0 Å². The summed E-state index contributed by atoms with van der Waals surface area (Å²) in [7, 11) is 0. The number of hydrogen-bond donors (Lipinski definition) is 1. The van der Waals surface area contributed by atoms with Crippen molar-refractivity contribution in [3.8, 4) is 0 Å². The number of carbonyl (C=O) groups excluding carboxylic acids is 1. The molecule has 4 nitrogen and oxygen atoms in total. The lowest BCUT2D eigenvalue weighted by Gasteiger charge is -2.30. The SMILES string of the molecule is CCN(CC(F)(F)F)C(=O)C1CCC(C(=O)O)CC1. The molecule has 1 aliphatic carbocycles. The molecule has 1 amide bonds. The van der Waals surface area contributed by atoms with Crippen molar-refractivity contribution in [2.75, 3.05) is 13.1 Å². The minimum Gasteiger partial charge on any atom is -0.481 e. The molecule has 0 aromatic heterocycles. The summed E-state index contributed by atoms with van der Waals surface area (Å²) in [6.45, 7) is 0.283. The van der Waals surface area contributed by atoms with Crippen LogP contribution >= 0.6 is 0 Å². The second kappa shape index (κ2) is 6.25. The number of carboxylic acids is 1. The third-order valence-corrected chi connectivity index (χ3v) is 3.49. The van der Waals surface area contributed by atoms with Crippen molar-refractivity contribution < 1.29 is 27.9 Å². The first-order valence-corrected chi connectivity index (χ1v) is 6.33. The van der Waals surface area contributed by atoms with Crippen molar-refractivity contribution in [1.29, 1.82) is 0 Å². The molecule has 0 heterocycles. The Morgan fingerprint density at radius 3 is 2.00 bits per heavy atom. The van der Waals surface area contributed by atoms with Gasteiger partial charge in [0.1, 0.15) is 6.54 Å². The molecule has 0 unspecified atom stereocenters. The second-order valence-corrected chi connectivity index (χ2v) is 4.85. The summed E-state index contributed by atoms with van der Waals surface area (Å²) in [6, 6.07) is 0. The number of aliphatic carboxylic acids is 1. The first kappa shape index (κ1) is 15.8. The smallest absolute Gasteiger partial charge is 0.406 e. The Morgan fingerprint density at radius 1 is 1.16 bits per heavy atom. The summed E-state index contributed by atoms with van der Waals surface area (Å²) in [6.07, 6.45) is -2.98. The van der Waals surface area contributed by atoms with Crippen LogP contribution in [0.4, 0.5) is 13.2 Å². The van der Waals surface area contributed by atoms with Crippen molar-refractivity contribution >= 4 is 11.9 Å². The number of amides is 1. The van der Waals surface area contributed by atoms with Crippen LogP contribution in [0, 0.1) is 11.8 Å². The highest BCUT2D eigenvalue weighted by molar-refractivity contribution is 5.79. The van der Waals surface area contributed by atoms with Gasteiger partial charge in [-0.05, 0) is 32.6 Å². The molecule has 19 heavy (non-hydrogen) atoms. The normalized spacial score (nSPS) is 24.0. The van der Waals surface area contributed by atoms with E-state index < -0.39 is 36.4 Å². The lowest BCUT2D eigenvalue weighted by Crippen LogP contribution is -2.43. The van der Waals surface area contributed by atoms with Crippen LogP contribution in [0.15, 0.2) is 0 Å². The van der Waals surface area contributed by atoms with E-state index in [0.29, 0.717) is 25.7 Å². The molecule has 1 saturated carbocycles. The van der Waals surface area contributed by atoms with Crippen molar-refractivity contribution in [2.24, 2.45) is 11.8 Å². The van der Waals surface area contributed by atoms with E-state index in [1.54, 1.807) is 0 Å². The fourth-order valence-electron chi connectivity index (χ4n) is 2.41. The molecule has 1 fully saturated rings. The Labute approximate surface area is 109 Å². The highest BCUT2D eigenvalue weighted by Crippen LogP contribution is 2.30. The van der Waals surface area contributed by atoms with E-state index in [4.69, 9.17) is 5.11 Å². The first-order valence-electron chi connectivity index (χ1n) is 6.33. The van der Waals surface area contributed by atoms with Crippen molar-refractivity contribution in [1.82, 2.24) is 4.90 Å². The Bertz CT molecular complexity index is 336. The Balaban J connectivity index is 2.55. The van der Waals surface area contributed by atoms with Gasteiger partial charge in [-0.3, -0.25) is 9.59 Å². The predicted molar refractivity (Wildman–Crippen MR) is 61.4 cm³/mol. The molecule has 0 spiro atoms. The third kappa shape index (κ3) is 4.72. The summed E-state index contributed by atoms with van der Waals surface area (Å²) in [4.78, 5) is 23.5. The second-order valence-electron chi connectivity index (χ2n) is 4.85. The number of hydrogen-bond acceptors (Lipinski definition) is 2. The number of alkyl halides is 3. The van der Waals surface area contributed by atoms with Gasteiger partial charge < -0.3 is 10.0 Å². The lowest BCUT2D eigenvalue weighted by molar-refractivity contribution is -0.164. The van der Waals surface area contributed by atoms with E-state index in [9.17, 15) is 22.8 Å². The maximum Gasteiger partial charge on any atom is 0.406 e. The van der Waals surface area contributed by atoms with Crippen molar-refractivity contribution in [2.45, 2.75) is 38.8 Å². The molecule has 0 bridgehead atoms. The van der Waals surface area contributed by atoms with Gasteiger partial charge in [-0.1, -0.05) is 0 Å². The van der Waals surface area contributed by atoms with Gasteiger partial charge in [-0.15, -0.1) is 0 Å². The fourth-order valence-corrected chi connectivity index (χ4v) is 2.41. The van der Waals surface area contributed by atoms with Gasteiger partial charge in [0.05, 0.1) is 5.92 Å². The van der Waals surface area contributed by atoms with Crippen molar-refractivity contribution in [3.63, 3.8) is 0 Å². The van der Waals surface area contributed by atoms with Crippen LogP contribution in [0.5, 0.6) is 0 Å². The zero-order valence-electron chi connectivity index (χ0n) is 10.7. The van der Waals surface area contributed by atoms with E-state index in [-0.39, 0.29) is 6.54 Å². The molecule has 0 atom stereocenters. The molecule has 0 aromatic rings. The quantitative estimate of drug-likeness (QED) is 0.860. The highest BCUT2D eigenvalue weighted by atomic mass is 19.4. The zero-order chi connectivity index (χ0) is 14.6. The topological polar surface area (TPSA) is 57.6 Å². The van der Waals surface area contributed by atoms with E-state index in [0.717, 1.165) is 4.90 Å². The third-order valence-electron chi connectivity index (χ3n) is 3.49. The number of nitrogens with zero attached hydrogens (tertiary/aromatic N) is 1. The number of carboxylic acid groups (broad SMARTS) is 1. The monoisotopic (exact) mass is 281 g/mol. The highest BCUT2D eigenvalue weighted by Gasteiger charge is 2.36. The van der Waals surface area contributed by atoms with Gasteiger partial charge in [0.25, 0.3) is 0 Å². The van der Waals surface area contributed by atoms with Gasteiger partial charge in [-0.2, -0.15) is 13.2 Å². The number of halogens is 3. The molecule has 0 saturated heterocycles. The van der Waals surface area contributed by atoms with Crippen LogP contribution in [0.2, 0.25) is 0 Å². The van der Waals surface area contributed by atoms with Crippen LogP contribution in [0.1, 0.15) is 32.6 Å². The molecule has 1 aliphatic rings. The molecule has 1 rings (SSSR count). The van der Waals surface area contributed by atoms with Crippen molar-refractivity contribution in [3.05, 3.63) is 0 Å². The molecule has 1 N–H and O–H groups in total. The average Bonchev–Trinajstić information content (AvgIpc) is 2.34. The minimum absolute atomic E-state index is 0.0111. The average molecular weight is 281 g/mol. The number of carbonyl (C=O) groups is 2. The number of rotatable bonds is 4. The molecular weight excluding hydrogens is 263 g/mol. The van der Waals surface area contributed by atoms with E-state index >= 15 is 0 Å². The molecule has 0 aliphatic heterocycles. The van der Waals surface area contributed by atoms with Gasteiger partial charge >= 0.3 is 12.1 Å². The maximum atomic E-state index is 12.3. The predicted octanol–water partition coefficient (Wildman–Crippen LogP) is 2.29. The van der Waals surface area contributed by atoms with Crippen LogP contribution in [0.25, 0.3) is 0 Å². The Kier molecular flexibility index (Phi) is 5.20. The molecule has 7 heteroatoms. The summed E-state index contributed by atoms with van der Waals surface area (Å²) in [5.41, 5.74) is 0. The standard InChI is InChI=1S/C12H18F3NO3/c1-2-16(7-12(13,14)15)10(17)8-3-5-9(6-4-8)11(18)19/h8-9H,2-7H2,1H3,(H,18,19). The first-order chi connectivity index (χ1) is 8.74. The fraction of sp³-hybridized carbons (Fsp3) is 0.833. The van der Waals surface area contributed by atoms with Crippen LogP contribution in [-0.2, 0) is 9.59 Å². The van der Waals surface area contributed by atoms with E-state index in [2.05, 4.69) is 0 Å². The maximum absolute atomic E-state index is 12.3. The van der Waals surface area contributed by atoms with Crippen LogP contribution in [0.3, 0.4) is 0 Å². The van der Waals surface area contributed by atoms with E-state index in [1.165, 1.54) is 6.92 Å². The summed E-state index contributed by atoms with van der Waals surface area (Å²) in [5, 5.41) is 8.83. The molecular formula is C12H18F3NO3. The lowest BCUT2D eigenvalue weighted by atomic mass is 9.81. The molecule has 0 aromatic carbocycles. The zero-order valence-corrected chi connectivity index (χ0v) is 10.7. The van der Waals surface area contributed by atoms with Gasteiger partial charge in [0, 0.05) is 12.5 Å². The van der Waals surface area contributed by atoms with Gasteiger partial charge in [0.2, 0.25) is 5.91 Å². The van der Waals surface area contributed by atoms with Gasteiger partial charge in [0.15, 0.2) is 0 Å². The van der Waals surface area contributed by atoms with Crippen LogP contribution in [-0.4, -0.2) is 41.1 Å². The summed E-state index contributed by atoms with van der Waals surface area (Å²) in [5.74, 6) is -2.35. The minimum atomic E-state index is -4.40. The largest absolute Gasteiger partial charge is 0.481 e. The Hall–Kier alpha value is -1.27. The molecule has 0 radical (unpaired) electrons. The van der Waals surface area contributed by atoms with Gasteiger partial charge in [-0.25, -0.2) is 0 Å². The molecule has 110 valence electrons. The Morgan fingerprint density at radius 2 is 1.63 bits per heavy atom. The summed E-state index contributed by atoms with van der Waals surface area (Å²) >= 11 is 0.